The molecule has 1 aromatic rings. The normalized spacial score (nSPS) is 24.9. The fourth-order valence-electron chi connectivity index (χ4n) is 2.49. The molecule has 1 fully saturated rings. The van der Waals surface area contributed by atoms with E-state index in [2.05, 4.69) is 11.5 Å². The number of rotatable bonds is 3. The average molecular weight is 221 g/mol. The number of nitrogens with zero attached hydrogens (tertiary/aromatic N) is 1. The highest BCUT2D eigenvalue weighted by Crippen LogP contribution is 2.28. The lowest BCUT2D eigenvalue weighted by Crippen LogP contribution is -2.30. The predicted octanol–water partition coefficient (Wildman–Crippen LogP) is 2.49. The van der Waals surface area contributed by atoms with Crippen molar-refractivity contribution < 1.29 is 9.53 Å². The van der Waals surface area contributed by atoms with Crippen molar-refractivity contribution in [3.8, 4) is 0 Å². The van der Waals surface area contributed by atoms with E-state index >= 15 is 0 Å². The Labute approximate surface area is 96.4 Å². The second kappa shape index (κ2) is 4.06. The van der Waals surface area contributed by atoms with Crippen molar-refractivity contribution in [1.29, 1.82) is 0 Å². The zero-order valence-corrected chi connectivity index (χ0v) is 10.2. The number of hydrogen-bond acceptors (Lipinski definition) is 2. The van der Waals surface area contributed by atoms with Crippen molar-refractivity contribution in [1.82, 2.24) is 4.57 Å². The Kier molecular flexibility index (Phi) is 2.89. The van der Waals surface area contributed by atoms with Crippen molar-refractivity contribution in [2.45, 2.75) is 45.8 Å². The van der Waals surface area contributed by atoms with E-state index in [1.54, 1.807) is 0 Å². The van der Waals surface area contributed by atoms with Crippen LogP contribution in [0, 0.1) is 13.8 Å². The van der Waals surface area contributed by atoms with Crippen LogP contribution in [0.25, 0.3) is 0 Å². The zero-order valence-electron chi connectivity index (χ0n) is 10.2. The van der Waals surface area contributed by atoms with E-state index in [9.17, 15) is 4.79 Å². The fraction of sp³-hybridized carbons (Fsp3) is 0.615. The fourth-order valence-corrected chi connectivity index (χ4v) is 2.49. The summed E-state index contributed by atoms with van der Waals surface area (Å²) in [6, 6.07) is 1.95. The summed E-state index contributed by atoms with van der Waals surface area (Å²) in [5.41, 5.74) is 2.91. The van der Waals surface area contributed by atoms with Crippen molar-refractivity contribution in [2.24, 2.45) is 0 Å². The number of aldehydes is 1. The van der Waals surface area contributed by atoms with Gasteiger partial charge in [0.15, 0.2) is 6.29 Å². The molecule has 2 heterocycles. The van der Waals surface area contributed by atoms with E-state index in [1.165, 1.54) is 0 Å². The number of carbonyl (C=O) groups is 1. The Hall–Kier alpha value is -1.09. The first-order valence-electron chi connectivity index (χ1n) is 5.82. The lowest BCUT2D eigenvalue weighted by Gasteiger charge is -2.25. The van der Waals surface area contributed by atoms with Crippen LogP contribution in [-0.2, 0) is 11.3 Å². The van der Waals surface area contributed by atoms with Gasteiger partial charge in [-0.05, 0) is 39.7 Å². The Morgan fingerprint density at radius 1 is 1.56 bits per heavy atom. The first-order valence-corrected chi connectivity index (χ1v) is 5.82. The Morgan fingerprint density at radius 3 is 2.81 bits per heavy atom. The molecule has 1 atom stereocenters. The molecule has 1 unspecified atom stereocenters. The molecule has 0 spiro atoms. The van der Waals surface area contributed by atoms with E-state index < -0.39 is 0 Å². The van der Waals surface area contributed by atoms with Gasteiger partial charge in [0.1, 0.15) is 0 Å². The van der Waals surface area contributed by atoms with Gasteiger partial charge in [-0.15, -0.1) is 0 Å². The van der Waals surface area contributed by atoms with Gasteiger partial charge in [0.2, 0.25) is 0 Å². The number of hydrogen-bond donors (Lipinski definition) is 0. The molecule has 0 N–H and O–H groups in total. The van der Waals surface area contributed by atoms with Crippen LogP contribution in [-0.4, -0.2) is 23.1 Å². The summed E-state index contributed by atoms with van der Waals surface area (Å²) in [7, 11) is 0. The van der Waals surface area contributed by atoms with Crippen molar-refractivity contribution >= 4 is 6.29 Å². The van der Waals surface area contributed by atoms with Gasteiger partial charge in [-0.25, -0.2) is 0 Å². The molecule has 16 heavy (non-hydrogen) atoms. The Bertz CT molecular complexity index is 400. The molecule has 3 heteroatoms. The van der Waals surface area contributed by atoms with E-state index in [0.29, 0.717) is 0 Å². The smallest absolute Gasteiger partial charge is 0.151 e. The van der Waals surface area contributed by atoms with Gasteiger partial charge in [0.05, 0.1) is 12.1 Å². The summed E-state index contributed by atoms with van der Waals surface area (Å²) in [5.74, 6) is 0. The molecule has 88 valence electrons. The van der Waals surface area contributed by atoms with Gasteiger partial charge in [0.25, 0.3) is 0 Å². The lowest BCUT2D eigenvalue weighted by atomic mass is 10.0. The van der Waals surface area contributed by atoms with Crippen LogP contribution in [0.5, 0.6) is 0 Å². The first-order chi connectivity index (χ1) is 7.56. The summed E-state index contributed by atoms with van der Waals surface area (Å²) in [6.07, 6.45) is 3.16. The highest BCUT2D eigenvalue weighted by Gasteiger charge is 2.31. The maximum atomic E-state index is 10.9. The third-order valence-electron chi connectivity index (χ3n) is 3.53. The molecule has 3 nitrogen and oxygen atoms in total. The molecule has 0 bridgehead atoms. The minimum atomic E-state index is -0.0608. The average Bonchev–Trinajstić information content (AvgIpc) is 2.78. The Morgan fingerprint density at radius 2 is 2.31 bits per heavy atom. The molecule has 0 aliphatic carbocycles. The standard InChI is InChI=1S/C13H19NO2/c1-10-7-12(8-15)11(2)14(10)9-13(3)5-4-6-16-13/h7-8H,4-6,9H2,1-3H3. The topological polar surface area (TPSA) is 31.2 Å². The number of aromatic nitrogens is 1. The lowest BCUT2D eigenvalue weighted by molar-refractivity contribution is 0.00550. The minimum Gasteiger partial charge on any atom is -0.373 e. The van der Waals surface area contributed by atoms with Gasteiger partial charge in [-0.3, -0.25) is 4.79 Å². The van der Waals surface area contributed by atoms with Crippen molar-refractivity contribution in [2.75, 3.05) is 6.61 Å². The van der Waals surface area contributed by atoms with Crippen LogP contribution in [0.2, 0.25) is 0 Å². The second-order valence-electron chi connectivity index (χ2n) is 4.93. The Balaban J connectivity index is 2.27. The van der Waals surface area contributed by atoms with Crippen LogP contribution in [0.3, 0.4) is 0 Å². The highest BCUT2D eigenvalue weighted by molar-refractivity contribution is 5.77. The molecular formula is C13H19NO2. The molecule has 0 amide bonds. The van der Waals surface area contributed by atoms with E-state index in [1.807, 2.05) is 19.9 Å². The van der Waals surface area contributed by atoms with E-state index in [0.717, 1.165) is 49.2 Å². The van der Waals surface area contributed by atoms with Crippen molar-refractivity contribution in [3.63, 3.8) is 0 Å². The molecule has 0 radical (unpaired) electrons. The monoisotopic (exact) mass is 221 g/mol. The van der Waals surface area contributed by atoms with Crippen LogP contribution in [0.1, 0.15) is 41.5 Å². The van der Waals surface area contributed by atoms with Gasteiger partial charge < -0.3 is 9.30 Å². The summed E-state index contributed by atoms with van der Waals surface area (Å²) in [5, 5.41) is 0. The summed E-state index contributed by atoms with van der Waals surface area (Å²) in [4.78, 5) is 10.9. The minimum absolute atomic E-state index is 0.0608. The third kappa shape index (κ3) is 1.92. The molecule has 0 aromatic carbocycles. The van der Waals surface area contributed by atoms with Crippen molar-refractivity contribution in [3.05, 3.63) is 23.0 Å². The molecule has 2 rings (SSSR count). The number of aryl methyl sites for hydroxylation is 1. The van der Waals surface area contributed by atoms with Gasteiger partial charge in [-0.2, -0.15) is 0 Å². The SMILES string of the molecule is Cc1cc(C=O)c(C)n1CC1(C)CCCO1. The predicted molar refractivity (Wildman–Crippen MR) is 62.9 cm³/mol. The molecule has 1 aliphatic rings. The molecule has 1 saturated heterocycles. The van der Waals surface area contributed by atoms with Gasteiger partial charge in [-0.1, -0.05) is 0 Å². The summed E-state index contributed by atoms with van der Waals surface area (Å²) >= 11 is 0. The quantitative estimate of drug-likeness (QED) is 0.734. The second-order valence-corrected chi connectivity index (χ2v) is 4.93. The van der Waals surface area contributed by atoms with Gasteiger partial charge in [0, 0.05) is 23.6 Å². The number of ether oxygens (including phenoxy) is 1. The molecule has 1 aliphatic heterocycles. The maximum Gasteiger partial charge on any atom is 0.151 e. The molecule has 1 aromatic heterocycles. The van der Waals surface area contributed by atoms with E-state index in [-0.39, 0.29) is 5.60 Å². The first kappa shape index (κ1) is 11.4. The zero-order chi connectivity index (χ0) is 11.8. The maximum absolute atomic E-state index is 10.9. The van der Waals surface area contributed by atoms with Crippen LogP contribution >= 0.6 is 0 Å². The van der Waals surface area contributed by atoms with Crippen LogP contribution in [0.15, 0.2) is 6.07 Å². The number of carbonyl (C=O) groups excluding carboxylic acids is 1. The van der Waals surface area contributed by atoms with Crippen LogP contribution in [0.4, 0.5) is 0 Å². The summed E-state index contributed by atoms with van der Waals surface area (Å²) in [6.45, 7) is 7.89. The van der Waals surface area contributed by atoms with Crippen LogP contribution < -0.4 is 0 Å². The summed E-state index contributed by atoms with van der Waals surface area (Å²) < 4.78 is 7.98. The molecular weight excluding hydrogens is 202 g/mol. The highest BCUT2D eigenvalue weighted by atomic mass is 16.5. The third-order valence-corrected chi connectivity index (χ3v) is 3.53. The van der Waals surface area contributed by atoms with Gasteiger partial charge >= 0.3 is 0 Å². The molecule has 0 saturated carbocycles. The largest absolute Gasteiger partial charge is 0.373 e. The van der Waals surface area contributed by atoms with E-state index in [4.69, 9.17) is 4.74 Å².